The van der Waals surface area contributed by atoms with Crippen LogP contribution >= 0.6 is 11.8 Å². The van der Waals surface area contributed by atoms with E-state index >= 15 is 0 Å². The van der Waals surface area contributed by atoms with Crippen LogP contribution in [0, 0.1) is 0 Å². The molecule has 0 aliphatic heterocycles. The highest BCUT2D eigenvalue weighted by atomic mass is 32.2. The first kappa shape index (κ1) is 24.1. The Balaban J connectivity index is 4.94. The lowest BCUT2D eigenvalue weighted by Crippen LogP contribution is -2.54. The highest BCUT2D eigenvalue weighted by molar-refractivity contribution is 7.98. The summed E-state index contributed by atoms with van der Waals surface area (Å²) in [5.41, 5.74) is 10.7. The van der Waals surface area contributed by atoms with Gasteiger partial charge in [-0.2, -0.15) is 11.8 Å². The Bertz CT molecular complexity index is 477. The molecular weight excluding hydrogens is 362 g/mol. The highest BCUT2D eigenvalue weighted by Gasteiger charge is 2.26. The van der Waals surface area contributed by atoms with Crippen LogP contribution in [0.5, 0.6) is 0 Å². The van der Waals surface area contributed by atoms with E-state index in [1.165, 1.54) is 11.8 Å². The van der Waals surface area contributed by atoms with Crippen LogP contribution in [0.4, 0.5) is 0 Å². The number of carboxylic acids is 1. The molecule has 0 aromatic carbocycles. The van der Waals surface area contributed by atoms with E-state index in [1.807, 2.05) is 6.26 Å². The van der Waals surface area contributed by atoms with Gasteiger partial charge in [-0.3, -0.25) is 19.2 Å². The predicted molar refractivity (Wildman–Crippen MR) is 99.5 cm³/mol. The Morgan fingerprint density at radius 2 is 1.65 bits per heavy atom. The Labute approximate surface area is 157 Å². The monoisotopic (exact) mass is 391 g/mol. The molecule has 0 fully saturated rings. The molecule has 0 bridgehead atoms. The molecule has 0 rings (SSSR count). The Kier molecular flexibility index (Phi) is 13.3. The van der Waals surface area contributed by atoms with Gasteiger partial charge in [0.2, 0.25) is 17.7 Å². The second kappa shape index (κ2) is 14.3. The number of nitrogens with one attached hydrogen (secondary N) is 3. The number of carbonyl (C=O) groups excluding carboxylic acids is 3. The van der Waals surface area contributed by atoms with Crippen molar-refractivity contribution in [3.8, 4) is 0 Å². The van der Waals surface area contributed by atoms with E-state index in [2.05, 4.69) is 16.0 Å². The van der Waals surface area contributed by atoms with Crippen LogP contribution in [-0.2, 0) is 19.2 Å². The van der Waals surface area contributed by atoms with E-state index in [-0.39, 0.29) is 6.54 Å². The smallest absolute Gasteiger partial charge is 0.322 e. The van der Waals surface area contributed by atoms with E-state index in [0.717, 1.165) is 0 Å². The van der Waals surface area contributed by atoms with Gasteiger partial charge < -0.3 is 32.5 Å². The van der Waals surface area contributed by atoms with E-state index in [1.54, 1.807) is 0 Å². The number of carbonyl (C=O) groups is 4. The zero-order valence-corrected chi connectivity index (χ0v) is 15.8. The fourth-order valence-electron chi connectivity index (χ4n) is 2.08. The minimum atomic E-state index is -1.18. The van der Waals surface area contributed by atoms with Crippen LogP contribution in [0.25, 0.3) is 0 Å². The van der Waals surface area contributed by atoms with Crippen molar-refractivity contribution in [2.45, 2.75) is 37.8 Å². The van der Waals surface area contributed by atoms with Crippen molar-refractivity contribution >= 4 is 35.5 Å². The van der Waals surface area contributed by atoms with Gasteiger partial charge in [0.1, 0.15) is 18.6 Å². The Hall–Kier alpha value is -1.85. The Morgan fingerprint density at radius 1 is 1.00 bits per heavy atom. The first-order chi connectivity index (χ1) is 12.3. The maximum Gasteiger partial charge on any atom is 0.322 e. The Morgan fingerprint density at radius 3 is 2.19 bits per heavy atom. The third kappa shape index (κ3) is 10.9. The van der Waals surface area contributed by atoms with E-state index in [9.17, 15) is 19.2 Å². The molecule has 8 N–H and O–H groups in total. The molecule has 150 valence electrons. The topological polar surface area (TPSA) is 177 Å². The molecule has 11 heteroatoms. The van der Waals surface area contributed by atoms with Crippen LogP contribution in [0.3, 0.4) is 0 Å². The van der Waals surface area contributed by atoms with Gasteiger partial charge >= 0.3 is 5.97 Å². The molecule has 0 saturated heterocycles. The average molecular weight is 391 g/mol. The van der Waals surface area contributed by atoms with Gasteiger partial charge in [0.15, 0.2) is 0 Å². The van der Waals surface area contributed by atoms with Crippen molar-refractivity contribution in [1.82, 2.24) is 16.0 Å². The van der Waals surface area contributed by atoms with Crippen LogP contribution < -0.4 is 27.4 Å². The summed E-state index contributed by atoms with van der Waals surface area (Å²) in [5, 5.41) is 16.0. The van der Waals surface area contributed by atoms with Gasteiger partial charge in [0.25, 0.3) is 0 Å². The zero-order valence-electron chi connectivity index (χ0n) is 15.0. The molecule has 10 nitrogen and oxygen atoms in total. The van der Waals surface area contributed by atoms with Crippen molar-refractivity contribution in [2.75, 3.05) is 31.6 Å². The quantitative estimate of drug-likeness (QED) is 0.184. The van der Waals surface area contributed by atoms with E-state index in [0.29, 0.717) is 38.0 Å². The summed E-state index contributed by atoms with van der Waals surface area (Å²) in [6.07, 6.45) is 3.86. The van der Waals surface area contributed by atoms with Gasteiger partial charge in [-0.15, -0.1) is 0 Å². The summed E-state index contributed by atoms with van der Waals surface area (Å²) in [4.78, 5) is 46.8. The highest BCUT2D eigenvalue weighted by Crippen LogP contribution is 2.05. The molecule has 0 aromatic heterocycles. The lowest BCUT2D eigenvalue weighted by Gasteiger charge is -2.23. The summed E-state index contributed by atoms with van der Waals surface area (Å²) in [7, 11) is 0. The number of amides is 3. The molecule has 26 heavy (non-hydrogen) atoms. The first-order valence-corrected chi connectivity index (χ1v) is 9.73. The van der Waals surface area contributed by atoms with E-state index in [4.69, 9.17) is 16.6 Å². The largest absolute Gasteiger partial charge is 0.480 e. The third-order valence-electron chi connectivity index (χ3n) is 3.44. The molecule has 0 aliphatic carbocycles. The van der Waals surface area contributed by atoms with Crippen molar-refractivity contribution in [3.05, 3.63) is 0 Å². The molecule has 0 saturated carbocycles. The van der Waals surface area contributed by atoms with Crippen molar-refractivity contribution in [2.24, 2.45) is 11.5 Å². The molecule has 0 aromatic rings. The average Bonchev–Trinajstić information content (AvgIpc) is 2.61. The third-order valence-corrected chi connectivity index (χ3v) is 4.09. The van der Waals surface area contributed by atoms with Crippen LogP contribution in [-0.4, -0.2) is 72.5 Å². The standard InChI is InChI=1S/C15H29N5O5S/c1-26-7-5-11(14(24)18-9-13(22)23)20-15(25)10(4-2-3-6-16)19-12(21)8-17/h10-11H,2-9,16-17H2,1H3,(H,18,24)(H,19,21)(H,20,25)(H,22,23). The van der Waals surface area contributed by atoms with Crippen LogP contribution in [0.2, 0.25) is 0 Å². The second-order valence-corrected chi connectivity index (χ2v) is 6.55. The molecule has 0 radical (unpaired) electrons. The van der Waals surface area contributed by atoms with Crippen molar-refractivity contribution in [1.29, 1.82) is 0 Å². The number of hydrogen-bond donors (Lipinski definition) is 6. The van der Waals surface area contributed by atoms with Crippen LogP contribution in [0.1, 0.15) is 25.7 Å². The van der Waals surface area contributed by atoms with Gasteiger partial charge in [0, 0.05) is 0 Å². The molecule has 0 heterocycles. The molecule has 3 amide bonds. The number of rotatable bonds is 14. The molecular formula is C15H29N5O5S. The number of unbranched alkanes of at least 4 members (excludes halogenated alkanes) is 1. The van der Waals surface area contributed by atoms with Crippen molar-refractivity contribution < 1.29 is 24.3 Å². The number of carboxylic acid groups (broad SMARTS) is 1. The van der Waals surface area contributed by atoms with Gasteiger partial charge in [-0.05, 0) is 44.2 Å². The predicted octanol–water partition coefficient (Wildman–Crippen LogP) is -2.00. The fourth-order valence-corrected chi connectivity index (χ4v) is 2.55. The number of nitrogens with two attached hydrogens (primary N) is 2. The SMILES string of the molecule is CSCCC(NC(=O)C(CCCCN)NC(=O)CN)C(=O)NCC(=O)O. The molecule has 0 aliphatic rings. The maximum atomic E-state index is 12.5. The van der Waals surface area contributed by atoms with E-state index < -0.39 is 42.3 Å². The lowest BCUT2D eigenvalue weighted by atomic mass is 10.1. The summed E-state index contributed by atoms with van der Waals surface area (Å²) in [5.74, 6) is -2.16. The fraction of sp³-hybridized carbons (Fsp3) is 0.733. The minimum Gasteiger partial charge on any atom is -0.480 e. The summed E-state index contributed by atoms with van der Waals surface area (Å²) < 4.78 is 0. The van der Waals surface area contributed by atoms with Gasteiger partial charge in [0.05, 0.1) is 6.54 Å². The maximum absolute atomic E-state index is 12.5. The minimum absolute atomic E-state index is 0.254. The summed E-state index contributed by atoms with van der Waals surface area (Å²) in [6.45, 7) is -0.322. The molecule has 0 spiro atoms. The first-order valence-electron chi connectivity index (χ1n) is 8.34. The van der Waals surface area contributed by atoms with Gasteiger partial charge in [-0.25, -0.2) is 0 Å². The zero-order chi connectivity index (χ0) is 19.9. The summed E-state index contributed by atoms with van der Waals surface area (Å²) in [6, 6.07) is -1.72. The number of aliphatic carboxylic acids is 1. The number of hydrogen-bond acceptors (Lipinski definition) is 7. The number of thioether (sulfide) groups is 1. The molecule has 2 unspecified atom stereocenters. The summed E-state index contributed by atoms with van der Waals surface area (Å²) >= 11 is 1.49. The normalized spacial score (nSPS) is 12.7. The van der Waals surface area contributed by atoms with Crippen molar-refractivity contribution in [3.63, 3.8) is 0 Å². The van der Waals surface area contributed by atoms with Gasteiger partial charge in [-0.1, -0.05) is 0 Å². The second-order valence-electron chi connectivity index (χ2n) is 5.56. The van der Waals surface area contributed by atoms with Crippen LogP contribution in [0.15, 0.2) is 0 Å². The molecule has 2 atom stereocenters. The lowest BCUT2D eigenvalue weighted by molar-refractivity contribution is -0.138.